The topological polar surface area (TPSA) is 20.6 Å². The first-order valence-electron chi connectivity index (χ1n) is 15.9. The summed E-state index contributed by atoms with van der Waals surface area (Å²) in [7, 11) is 2.23. The van der Waals surface area contributed by atoms with E-state index in [0.717, 1.165) is 34.1 Å². The number of hydrogen-bond donors (Lipinski definition) is 0. The van der Waals surface area contributed by atoms with Gasteiger partial charge in [0.25, 0.3) is 0 Å². The molecule has 0 unspecified atom stereocenters. The Morgan fingerprint density at radius 2 is 1.09 bits per heavy atom. The van der Waals surface area contributed by atoms with E-state index in [0.29, 0.717) is 11.8 Å². The normalized spacial score (nSPS) is 17.8. The molecule has 4 heterocycles. The van der Waals surface area contributed by atoms with Crippen LogP contribution in [0, 0.1) is 0 Å². The summed E-state index contributed by atoms with van der Waals surface area (Å²) in [5.41, 5.74) is 12.4. The van der Waals surface area contributed by atoms with Crippen molar-refractivity contribution in [2.75, 3.05) is 9.80 Å². The molecule has 3 aliphatic heterocycles. The Kier molecular flexibility index (Phi) is 5.13. The average Bonchev–Trinajstić information content (AvgIpc) is 3.36. The second kappa shape index (κ2) is 9.26. The Bertz CT molecular complexity index is 2280. The lowest BCUT2D eigenvalue weighted by Crippen LogP contribution is -2.28. The van der Waals surface area contributed by atoms with Crippen LogP contribution in [0.15, 0.2) is 133 Å². The van der Waals surface area contributed by atoms with Crippen molar-refractivity contribution in [3.63, 3.8) is 0 Å². The number of benzene rings is 6. The Morgan fingerprint density at radius 3 is 1.82 bits per heavy atom. The Labute approximate surface area is 262 Å². The molecule has 45 heavy (non-hydrogen) atoms. The smallest absolute Gasteiger partial charge is 0.175 e. The summed E-state index contributed by atoms with van der Waals surface area (Å²) in [6.45, 7) is 0. The van der Waals surface area contributed by atoms with Crippen LogP contribution in [-0.4, -0.2) is 4.57 Å². The van der Waals surface area contributed by atoms with Crippen molar-refractivity contribution >= 4 is 55.9 Å². The molecule has 0 saturated heterocycles. The predicted octanol–water partition coefficient (Wildman–Crippen LogP) is 11.4. The maximum absolute atomic E-state index is 6.84. The fourth-order valence-electron chi connectivity index (χ4n) is 8.22. The summed E-state index contributed by atoms with van der Waals surface area (Å²) in [6.07, 6.45) is 2.36. The van der Waals surface area contributed by atoms with Gasteiger partial charge in [-0.1, -0.05) is 72.8 Å². The van der Waals surface area contributed by atoms with Gasteiger partial charge < -0.3 is 19.1 Å². The number of nitrogens with zero attached hydrogens (tertiary/aromatic N) is 3. The van der Waals surface area contributed by atoms with Crippen LogP contribution >= 0.6 is 0 Å². The lowest BCUT2D eigenvalue weighted by atomic mass is 9.66. The SMILES string of the molecule is Cn1c2c3c(ccc2c2ccc4c(c21)C1CC(C1)c1ccccc1N4c1ccccc1)N(c1ccccc1)c1ccccc1O3. The lowest BCUT2D eigenvalue weighted by Gasteiger charge is -2.44. The fourth-order valence-corrected chi connectivity index (χ4v) is 8.22. The summed E-state index contributed by atoms with van der Waals surface area (Å²) in [5, 5.41) is 2.51. The van der Waals surface area contributed by atoms with Gasteiger partial charge in [-0.2, -0.15) is 0 Å². The molecule has 7 aromatic rings. The number of para-hydroxylation sites is 5. The van der Waals surface area contributed by atoms with Gasteiger partial charge >= 0.3 is 0 Å². The first kappa shape index (κ1) is 24.9. The summed E-state index contributed by atoms with van der Waals surface area (Å²) in [5.74, 6) is 2.85. The first-order chi connectivity index (χ1) is 22.3. The van der Waals surface area contributed by atoms with E-state index in [4.69, 9.17) is 4.74 Å². The van der Waals surface area contributed by atoms with Crippen LogP contribution in [0.5, 0.6) is 11.5 Å². The van der Waals surface area contributed by atoms with Crippen LogP contribution in [0.4, 0.5) is 34.1 Å². The highest BCUT2D eigenvalue weighted by atomic mass is 16.5. The van der Waals surface area contributed by atoms with Crippen molar-refractivity contribution in [3.8, 4) is 11.5 Å². The van der Waals surface area contributed by atoms with E-state index in [9.17, 15) is 0 Å². The van der Waals surface area contributed by atoms with Gasteiger partial charge in [0.05, 0.1) is 28.1 Å². The lowest BCUT2D eigenvalue weighted by molar-refractivity contribution is 0.351. The van der Waals surface area contributed by atoms with Gasteiger partial charge in [0.1, 0.15) is 0 Å². The molecular formula is C41H31N3O. The molecule has 2 bridgehead atoms. The number of ether oxygens (including phenoxy) is 1. The molecule has 1 saturated carbocycles. The van der Waals surface area contributed by atoms with Crippen molar-refractivity contribution in [3.05, 3.63) is 145 Å². The molecule has 4 aliphatic rings. The monoisotopic (exact) mass is 581 g/mol. The van der Waals surface area contributed by atoms with E-state index >= 15 is 0 Å². The van der Waals surface area contributed by atoms with Crippen LogP contribution in [-0.2, 0) is 7.05 Å². The second-order valence-electron chi connectivity index (χ2n) is 12.6. The standard InChI is InChI=1S/C41H31N3O/c1-42-39-31(32-21-23-36-41(40(32)42)45-37-19-11-10-18-34(37)44(36)29-14-6-3-7-15-29)20-22-35-38(39)27-24-26(25-27)30-16-8-9-17-33(30)43(35)28-12-4-2-5-13-28/h2-23,26-27H,24-25H2,1H3. The Morgan fingerprint density at radius 1 is 0.511 bits per heavy atom. The third kappa shape index (κ3) is 3.42. The molecule has 0 spiro atoms. The molecule has 0 amide bonds. The minimum Gasteiger partial charge on any atom is -0.451 e. The molecule has 1 fully saturated rings. The summed E-state index contributed by atoms with van der Waals surface area (Å²) in [6, 6.07) is 48.1. The summed E-state index contributed by atoms with van der Waals surface area (Å²) >= 11 is 0. The Balaban J connectivity index is 1.27. The predicted molar refractivity (Wildman–Crippen MR) is 185 cm³/mol. The van der Waals surface area contributed by atoms with Crippen molar-refractivity contribution in [2.24, 2.45) is 7.05 Å². The maximum atomic E-state index is 6.84. The molecule has 1 aromatic heterocycles. The Hall–Kier alpha value is -5.48. The molecule has 4 heteroatoms. The second-order valence-corrected chi connectivity index (χ2v) is 12.6. The zero-order valence-corrected chi connectivity index (χ0v) is 25.0. The quantitative estimate of drug-likeness (QED) is 0.203. The molecule has 4 nitrogen and oxygen atoms in total. The van der Waals surface area contributed by atoms with E-state index in [-0.39, 0.29) is 0 Å². The van der Waals surface area contributed by atoms with Gasteiger partial charge in [0, 0.05) is 40.4 Å². The maximum Gasteiger partial charge on any atom is 0.175 e. The van der Waals surface area contributed by atoms with Crippen molar-refractivity contribution in [1.82, 2.24) is 4.57 Å². The average molecular weight is 582 g/mol. The fraction of sp³-hybridized carbons (Fsp3) is 0.122. The number of rotatable bonds is 2. The van der Waals surface area contributed by atoms with E-state index in [1.54, 1.807) is 0 Å². The summed E-state index contributed by atoms with van der Waals surface area (Å²) < 4.78 is 9.26. The highest BCUT2D eigenvalue weighted by Gasteiger charge is 2.40. The van der Waals surface area contributed by atoms with Crippen molar-refractivity contribution < 1.29 is 4.74 Å². The van der Waals surface area contributed by atoms with Crippen LogP contribution in [0.25, 0.3) is 21.8 Å². The van der Waals surface area contributed by atoms with E-state index in [2.05, 4.69) is 155 Å². The highest BCUT2D eigenvalue weighted by molar-refractivity contribution is 6.15. The first-order valence-corrected chi connectivity index (χ1v) is 15.9. The molecule has 0 atom stereocenters. The van der Waals surface area contributed by atoms with Crippen molar-refractivity contribution in [2.45, 2.75) is 24.7 Å². The zero-order valence-electron chi connectivity index (χ0n) is 25.0. The molecule has 0 radical (unpaired) electrons. The van der Waals surface area contributed by atoms with Gasteiger partial charge in [-0.25, -0.2) is 0 Å². The summed E-state index contributed by atoms with van der Waals surface area (Å²) in [4.78, 5) is 4.83. The molecule has 1 aliphatic carbocycles. The van der Waals surface area contributed by atoms with Gasteiger partial charge in [0.2, 0.25) is 0 Å². The van der Waals surface area contributed by atoms with Crippen LogP contribution in [0.3, 0.4) is 0 Å². The highest BCUT2D eigenvalue weighted by Crippen LogP contribution is 2.60. The molecular weight excluding hydrogens is 550 g/mol. The van der Waals surface area contributed by atoms with Crippen LogP contribution < -0.4 is 14.5 Å². The number of hydrogen-bond acceptors (Lipinski definition) is 3. The van der Waals surface area contributed by atoms with Gasteiger partial charge in [-0.3, -0.25) is 0 Å². The van der Waals surface area contributed by atoms with E-state index in [1.807, 2.05) is 0 Å². The van der Waals surface area contributed by atoms with Crippen molar-refractivity contribution in [1.29, 1.82) is 0 Å². The molecule has 0 N–H and O–H groups in total. The minimum absolute atomic E-state index is 0.495. The third-order valence-corrected chi connectivity index (χ3v) is 10.3. The molecule has 6 aromatic carbocycles. The molecule has 216 valence electrons. The van der Waals surface area contributed by atoms with Gasteiger partial charge in [-0.05, 0) is 90.9 Å². The van der Waals surface area contributed by atoms with E-state index < -0.39 is 0 Å². The van der Waals surface area contributed by atoms with Gasteiger partial charge in [-0.15, -0.1) is 0 Å². The van der Waals surface area contributed by atoms with Crippen LogP contribution in [0.2, 0.25) is 0 Å². The number of anilines is 6. The number of fused-ring (bicyclic) bond motifs is 6. The third-order valence-electron chi connectivity index (χ3n) is 10.3. The minimum atomic E-state index is 0.495. The van der Waals surface area contributed by atoms with E-state index in [1.165, 1.54) is 57.3 Å². The zero-order chi connectivity index (χ0) is 29.6. The number of aryl methyl sites for hydroxylation is 1. The van der Waals surface area contributed by atoms with Gasteiger partial charge in [0.15, 0.2) is 11.5 Å². The van der Waals surface area contributed by atoms with Crippen LogP contribution in [0.1, 0.15) is 35.8 Å². The molecule has 11 rings (SSSR count). The largest absolute Gasteiger partial charge is 0.451 e. The number of aromatic nitrogens is 1.